The summed E-state index contributed by atoms with van der Waals surface area (Å²) in [4.78, 5) is 15.7. The van der Waals surface area contributed by atoms with Gasteiger partial charge in [0.2, 0.25) is 5.91 Å². The molecule has 3 aromatic rings. The van der Waals surface area contributed by atoms with Gasteiger partial charge in [-0.25, -0.2) is 4.39 Å². The van der Waals surface area contributed by atoms with E-state index < -0.39 is 0 Å². The highest BCUT2D eigenvalue weighted by atomic mass is 19.1. The molecule has 4 nitrogen and oxygen atoms in total. The maximum atomic E-state index is 13.5. The van der Waals surface area contributed by atoms with Gasteiger partial charge in [0.05, 0.1) is 25.2 Å². The number of carbonyl (C=O) groups is 1. The summed E-state index contributed by atoms with van der Waals surface area (Å²) in [6.07, 6.45) is 0. The summed E-state index contributed by atoms with van der Waals surface area (Å²) in [7, 11) is 0. The third kappa shape index (κ3) is 5.37. The van der Waals surface area contributed by atoms with Crippen LogP contribution >= 0.6 is 0 Å². The summed E-state index contributed by atoms with van der Waals surface area (Å²) in [5.74, 6) is -0.694. The number of benzene rings is 3. The third-order valence-electron chi connectivity index (χ3n) is 5.74. The highest BCUT2D eigenvalue weighted by Gasteiger charge is 2.26. The van der Waals surface area contributed by atoms with Crippen LogP contribution in [-0.2, 0) is 9.53 Å². The Labute approximate surface area is 182 Å². The SMILES string of the molecule is O=C(NC[C@@H](c1ccc(F)cc1)N1CCOCC1)C(c1ccccc1)c1ccccc1. The molecule has 1 heterocycles. The molecule has 4 rings (SSSR count). The Morgan fingerprint density at radius 3 is 1.94 bits per heavy atom. The summed E-state index contributed by atoms with van der Waals surface area (Å²) in [5.41, 5.74) is 2.89. The molecule has 0 unspecified atom stereocenters. The van der Waals surface area contributed by atoms with Gasteiger partial charge in [0, 0.05) is 19.6 Å². The number of ether oxygens (including phenoxy) is 1. The highest BCUT2D eigenvalue weighted by Crippen LogP contribution is 2.26. The van der Waals surface area contributed by atoms with Crippen molar-refractivity contribution in [1.82, 2.24) is 10.2 Å². The Morgan fingerprint density at radius 1 is 0.839 bits per heavy atom. The van der Waals surface area contributed by atoms with Crippen molar-refractivity contribution in [1.29, 1.82) is 0 Å². The van der Waals surface area contributed by atoms with Crippen LogP contribution in [0.1, 0.15) is 28.7 Å². The largest absolute Gasteiger partial charge is 0.379 e. The van der Waals surface area contributed by atoms with Crippen LogP contribution in [0.4, 0.5) is 4.39 Å². The molecule has 0 saturated carbocycles. The molecule has 0 aromatic heterocycles. The van der Waals surface area contributed by atoms with Crippen LogP contribution in [0.3, 0.4) is 0 Å². The van der Waals surface area contributed by atoms with Crippen molar-refractivity contribution in [3.63, 3.8) is 0 Å². The van der Waals surface area contributed by atoms with E-state index in [2.05, 4.69) is 10.2 Å². The maximum Gasteiger partial charge on any atom is 0.232 e. The van der Waals surface area contributed by atoms with Crippen LogP contribution in [0.5, 0.6) is 0 Å². The maximum absolute atomic E-state index is 13.5. The quantitative estimate of drug-likeness (QED) is 0.627. The van der Waals surface area contributed by atoms with Gasteiger partial charge in [-0.05, 0) is 28.8 Å². The van der Waals surface area contributed by atoms with Crippen molar-refractivity contribution >= 4 is 5.91 Å². The Morgan fingerprint density at radius 2 is 1.39 bits per heavy atom. The monoisotopic (exact) mass is 418 g/mol. The first-order chi connectivity index (χ1) is 15.2. The minimum absolute atomic E-state index is 0.0411. The van der Waals surface area contributed by atoms with Gasteiger partial charge in [-0.2, -0.15) is 0 Å². The molecular formula is C26H27FN2O2. The third-order valence-corrected chi connectivity index (χ3v) is 5.74. The predicted molar refractivity (Wildman–Crippen MR) is 119 cm³/mol. The van der Waals surface area contributed by atoms with E-state index in [1.54, 1.807) is 12.1 Å². The molecule has 3 aromatic carbocycles. The average molecular weight is 419 g/mol. The number of nitrogens with zero attached hydrogens (tertiary/aromatic N) is 1. The summed E-state index contributed by atoms with van der Waals surface area (Å²) in [5, 5.41) is 3.18. The van der Waals surface area contributed by atoms with Crippen LogP contribution in [0, 0.1) is 5.82 Å². The second-order valence-electron chi connectivity index (χ2n) is 7.72. The van der Waals surface area contributed by atoms with Crippen LogP contribution in [-0.4, -0.2) is 43.7 Å². The molecule has 0 spiro atoms. The lowest BCUT2D eigenvalue weighted by molar-refractivity contribution is -0.122. The van der Waals surface area contributed by atoms with Gasteiger partial charge in [-0.3, -0.25) is 9.69 Å². The topological polar surface area (TPSA) is 41.6 Å². The average Bonchev–Trinajstić information content (AvgIpc) is 2.83. The fourth-order valence-corrected chi connectivity index (χ4v) is 4.12. The molecule has 0 aliphatic carbocycles. The van der Waals surface area contributed by atoms with Crippen LogP contribution in [0.25, 0.3) is 0 Å². The number of nitrogens with one attached hydrogen (secondary N) is 1. The molecular weight excluding hydrogens is 391 g/mol. The Bertz CT molecular complexity index is 918. The molecule has 1 fully saturated rings. The number of morpholine rings is 1. The Balaban J connectivity index is 1.55. The summed E-state index contributed by atoms with van der Waals surface area (Å²) in [6.45, 7) is 3.31. The first-order valence-corrected chi connectivity index (χ1v) is 10.7. The van der Waals surface area contributed by atoms with E-state index >= 15 is 0 Å². The smallest absolute Gasteiger partial charge is 0.232 e. The van der Waals surface area contributed by atoms with Crippen molar-refractivity contribution in [2.75, 3.05) is 32.8 Å². The van der Waals surface area contributed by atoms with Crippen molar-refractivity contribution in [2.24, 2.45) is 0 Å². The van der Waals surface area contributed by atoms with Gasteiger partial charge in [0.1, 0.15) is 5.82 Å². The lowest BCUT2D eigenvalue weighted by Gasteiger charge is -2.35. The fraction of sp³-hybridized carbons (Fsp3) is 0.269. The number of rotatable bonds is 7. The van der Waals surface area contributed by atoms with E-state index in [1.165, 1.54) is 12.1 Å². The van der Waals surface area contributed by atoms with Gasteiger partial charge in [0.25, 0.3) is 0 Å². The minimum atomic E-state index is -0.388. The molecule has 0 bridgehead atoms. The minimum Gasteiger partial charge on any atom is -0.379 e. The first kappa shape index (κ1) is 21.2. The standard InChI is InChI=1S/C26H27FN2O2/c27-23-13-11-20(12-14-23)24(29-15-17-31-18-16-29)19-28-26(30)25(21-7-3-1-4-8-21)22-9-5-2-6-10-22/h1-14,24-25H,15-19H2,(H,28,30)/t24-/m0/s1. The van der Waals surface area contributed by atoms with Crippen LogP contribution in [0.2, 0.25) is 0 Å². The van der Waals surface area contributed by atoms with E-state index in [-0.39, 0.29) is 23.7 Å². The number of carbonyl (C=O) groups excluding carboxylic acids is 1. The molecule has 1 aliphatic heterocycles. The van der Waals surface area contributed by atoms with E-state index in [0.29, 0.717) is 19.8 Å². The molecule has 1 saturated heterocycles. The number of hydrogen-bond acceptors (Lipinski definition) is 3. The lowest BCUT2D eigenvalue weighted by Crippen LogP contribution is -2.44. The second-order valence-corrected chi connectivity index (χ2v) is 7.72. The van der Waals surface area contributed by atoms with Crippen molar-refractivity contribution in [2.45, 2.75) is 12.0 Å². The number of halogens is 1. The van der Waals surface area contributed by atoms with Gasteiger partial charge >= 0.3 is 0 Å². The zero-order valence-electron chi connectivity index (χ0n) is 17.4. The molecule has 160 valence electrons. The predicted octanol–water partition coefficient (Wildman–Crippen LogP) is 4.15. The lowest BCUT2D eigenvalue weighted by atomic mass is 9.90. The summed E-state index contributed by atoms with van der Waals surface area (Å²) in [6, 6.07) is 26.1. The van der Waals surface area contributed by atoms with Gasteiger partial charge in [-0.15, -0.1) is 0 Å². The van der Waals surface area contributed by atoms with Gasteiger partial charge < -0.3 is 10.1 Å². The van der Waals surface area contributed by atoms with E-state index in [9.17, 15) is 9.18 Å². The van der Waals surface area contributed by atoms with E-state index in [4.69, 9.17) is 4.74 Å². The van der Waals surface area contributed by atoms with Crippen LogP contribution in [0.15, 0.2) is 84.9 Å². The van der Waals surface area contributed by atoms with E-state index in [0.717, 1.165) is 29.8 Å². The zero-order valence-corrected chi connectivity index (χ0v) is 17.4. The van der Waals surface area contributed by atoms with Crippen molar-refractivity contribution in [3.8, 4) is 0 Å². The Hall–Kier alpha value is -3.02. The summed E-state index contributed by atoms with van der Waals surface area (Å²) < 4.78 is 19.0. The summed E-state index contributed by atoms with van der Waals surface area (Å²) >= 11 is 0. The molecule has 1 N–H and O–H groups in total. The molecule has 5 heteroatoms. The molecule has 1 atom stereocenters. The van der Waals surface area contributed by atoms with Crippen LogP contribution < -0.4 is 5.32 Å². The second kappa shape index (κ2) is 10.3. The van der Waals surface area contributed by atoms with Gasteiger partial charge in [0.15, 0.2) is 0 Å². The number of hydrogen-bond donors (Lipinski definition) is 1. The van der Waals surface area contributed by atoms with Crippen molar-refractivity contribution in [3.05, 3.63) is 107 Å². The molecule has 1 aliphatic rings. The first-order valence-electron chi connectivity index (χ1n) is 10.7. The normalized spacial score (nSPS) is 15.5. The van der Waals surface area contributed by atoms with Gasteiger partial charge in [-0.1, -0.05) is 72.8 Å². The Kier molecular flexibility index (Phi) is 7.07. The zero-order chi connectivity index (χ0) is 21.5. The highest BCUT2D eigenvalue weighted by molar-refractivity contribution is 5.87. The van der Waals surface area contributed by atoms with Crippen molar-refractivity contribution < 1.29 is 13.9 Å². The fourth-order valence-electron chi connectivity index (χ4n) is 4.12. The molecule has 31 heavy (non-hydrogen) atoms. The molecule has 0 radical (unpaired) electrons. The molecule has 1 amide bonds. The number of amides is 1. The van der Waals surface area contributed by atoms with E-state index in [1.807, 2.05) is 60.7 Å².